The van der Waals surface area contributed by atoms with E-state index >= 15 is 0 Å². The van der Waals surface area contributed by atoms with E-state index in [4.69, 9.17) is 0 Å². The molecule has 1 aliphatic heterocycles. The lowest BCUT2D eigenvalue weighted by atomic mass is 9.94. The number of carbonyl (C=O) groups is 1. The van der Waals surface area contributed by atoms with Gasteiger partial charge in [-0.1, -0.05) is 13.0 Å². The smallest absolute Gasteiger partial charge is 0.253 e. The molecule has 1 aromatic rings. The normalized spacial score (nSPS) is 22.9. The number of nitrogens with one attached hydrogen (secondary N) is 2. The number of benzene rings is 1. The predicted molar refractivity (Wildman–Crippen MR) is 87.9 cm³/mol. The van der Waals surface area contributed by atoms with Gasteiger partial charge in [0, 0.05) is 24.8 Å². The Morgan fingerprint density at radius 3 is 2.86 bits per heavy atom. The highest BCUT2D eigenvalue weighted by molar-refractivity contribution is 5.99. The van der Waals surface area contributed by atoms with Crippen LogP contribution in [-0.4, -0.2) is 43.5 Å². The van der Waals surface area contributed by atoms with Gasteiger partial charge in [-0.05, 0) is 57.5 Å². The molecule has 2 atom stereocenters. The molecule has 0 aromatic heterocycles. The summed E-state index contributed by atoms with van der Waals surface area (Å²) in [6.07, 6.45) is 1.02. The first kappa shape index (κ1) is 15.8. The Hall–Kier alpha value is -1.55. The van der Waals surface area contributed by atoms with Gasteiger partial charge in [-0.25, -0.2) is 0 Å². The highest BCUT2D eigenvalue weighted by Crippen LogP contribution is 2.20. The molecule has 21 heavy (non-hydrogen) atoms. The lowest BCUT2D eigenvalue weighted by Crippen LogP contribution is -2.48. The van der Waals surface area contributed by atoms with E-state index < -0.39 is 0 Å². The molecule has 0 aliphatic carbocycles. The molecule has 4 heteroatoms. The third-order valence-electron chi connectivity index (χ3n) is 4.21. The number of aryl methyl sites for hydroxylation is 1. The molecular weight excluding hydrogens is 262 g/mol. The van der Waals surface area contributed by atoms with Gasteiger partial charge in [0.05, 0.1) is 5.56 Å². The molecule has 1 aliphatic rings. The quantitative estimate of drug-likeness (QED) is 0.895. The summed E-state index contributed by atoms with van der Waals surface area (Å²) < 4.78 is 0. The van der Waals surface area contributed by atoms with Crippen LogP contribution in [0.25, 0.3) is 0 Å². The van der Waals surface area contributed by atoms with Crippen LogP contribution in [0, 0.1) is 12.8 Å². The Balaban J connectivity index is 2.09. The second kappa shape index (κ2) is 6.94. The van der Waals surface area contributed by atoms with E-state index in [-0.39, 0.29) is 11.9 Å². The zero-order chi connectivity index (χ0) is 15.4. The maximum Gasteiger partial charge on any atom is 0.253 e. The zero-order valence-electron chi connectivity index (χ0n) is 13.6. The number of hydrogen-bond acceptors (Lipinski definition) is 3. The number of amides is 1. The van der Waals surface area contributed by atoms with Gasteiger partial charge in [0.25, 0.3) is 5.91 Å². The van der Waals surface area contributed by atoms with Crippen molar-refractivity contribution in [1.29, 1.82) is 0 Å². The van der Waals surface area contributed by atoms with Gasteiger partial charge in [0.15, 0.2) is 0 Å². The van der Waals surface area contributed by atoms with E-state index in [0.29, 0.717) is 5.92 Å². The Bertz CT molecular complexity index is 501. The lowest BCUT2D eigenvalue weighted by Gasteiger charge is -2.35. The standard InChI is InChI=1S/C17H27N3O/c1-5-18-16-10-12(2)6-7-14(16)17(21)19-15-8-9-20(4)11-13(15)3/h6-7,10,13,15,18H,5,8-9,11H2,1-4H3,(H,19,21). The molecule has 1 fully saturated rings. The van der Waals surface area contributed by atoms with E-state index in [9.17, 15) is 4.79 Å². The Morgan fingerprint density at radius 2 is 2.19 bits per heavy atom. The largest absolute Gasteiger partial charge is 0.385 e. The molecule has 1 aromatic carbocycles. The summed E-state index contributed by atoms with van der Waals surface area (Å²) in [5.41, 5.74) is 2.83. The molecule has 2 unspecified atom stereocenters. The summed E-state index contributed by atoms with van der Waals surface area (Å²) in [7, 11) is 2.14. The summed E-state index contributed by atoms with van der Waals surface area (Å²) in [5.74, 6) is 0.521. The molecule has 116 valence electrons. The van der Waals surface area contributed by atoms with Gasteiger partial charge >= 0.3 is 0 Å². The van der Waals surface area contributed by atoms with Crippen LogP contribution in [0.3, 0.4) is 0 Å². The van der Waals surface area contributed by atoms with Gasteiger partial charge in [-0.15, -0.1) is 0 Å². The molecule has 2 rings (SSSR count). The number of piperidine rings is 1. The minimum Gasteiger partial charge on any atom is -0.385 e. The Kier molecular flexibility index (Phi) is 5.23. The summed E-state index contributed by atoms with van der Waals surface area (Å²) in [4.78, 5) is 14.9. The van der Waals surface area contributed by atoms with Crippen LogP contribution in [0.2, 0.25) is 0 Å². The molecule has 4 nitrogen and oxygen atoms in total. The fourth-order valence-electron chi connectivity index (χ4n) is 3.01. The molecular formula is C17H27N3O. The number of anilines is 1. The van der Waals surface area contributed by atoms with Crippen LogP contribution >= 0.6 is 0 Å². The van der Waals surface area contributed by atoms with Gasteiger partial charge in [0.1, 0.15) is 0 Å². The number of likely N-dealkylation sites (tertiary alicyclic amines) is 1. The van der Waals surface area contributed by atoms with Crippen LogP contribution < -0.4 is 10.6 Å². The first-order valence-corrected chi connectivity index (χ1v) is 7.85. The minimum absolute atomic E-state index is 0.0346. The van der Waals surface area contributed by atoms with Gasteiger partial charge < -0.3 is 15.5 Å². The highest BCUT2D eigenvalue weighted by atomic mass is 16.1. The lowest BCUT2D eigenvalue weighted by molar-refractivity contribution is 0.0884. The van der Waals surface area contributed by atoms with E-state index in [1.165, 1.54) is 0 Å². The predicted octanol–water partition coefficient (Wildman–Crippen LogP) is 2.50. The van der Waals surface area contributed by atoms with E-state index in [0.717, 1.165) is 42.9 Å². The molecule has 0 bridgehead atoms. The summed E-state index contributed by atoms with van der Waals surface area (Å²) in [5, 5.41) is 6.50. The first-order chi connectivity index (χ1) is 10.0. The Morgan fingerprint density at radius 1 is 1.43 bits per heavy atom. The van der Waals surface area contributed by atoms with Crippen molar-refractivity contribution in [2.24, 2.45) is 5.92 Å². The second-order valence-corrected chi connectivity index (χ2v) is 6.19. The van der Waals surface area contributed by atoms with Gasteiger partial charge in [-0.3, -0.25) is 4.79 Å². The number of rotatable bonds is 4. The average Bonchev–Trinajstić information content (AvgIpc) is 2.42. The third-order valence-corrected chi connectivity index (χ3v) is 4.21. The molecule has 1 saturated heterocycles. The van der Waals surface area contributed by atoms with Crippen molar-refractivity contribution in [3.05, 3.63) is 29.3 Å². The van der Waals surface area contributed by atoms with Crippen molar-refractivity contribution in [2.75, 3.05) is 32.0 Å². The van der Waals surface area contributed by atoms with Crippen LogP contribution in [0.4, 0.5) is 5.69 Å². The van der Waals surface area contributed by atoms with Gasteiger partial charge in [-0.2, -0.15) is 0 Å². The average molecular weight is 289 g/mol. The number of carbonyl (C=O) groups excluding carboxylic acids is 1. The van der Waals surface area contributed by atoms with Crippen LogP contribution in [0.15, 0.2) is 18.2 Å². The van der Waals surface area contributed by atoms with Crippen molar-refractivity contribution in [3.8, 4) is 0 Å². The Labute approximate surface area is 127 Å². The van der Waals surface area contributed by atoms with Crippen molar-refractivity contribution in [3.63, 3.8) is 0 Å². The monoisotopic (exact) mass is 289 g/mol. The van der Waals surface area contributed by atoms with Crippen molar-refractivity contribution >= 4 is 11.6 Å². The van der Waals surface area contributed by atoms with Crippen molar-refractivity contribution in [2.45, 2.75) is 33.2 Å². The molecule has 1 amide bonds. The fraction of sp³-hybridized carbons (Fsp3) is 0.588. The maximum atomic E-state index is 12.6. The van der Waals surface area contributed by atoms with E-state index in [1.807, 2.05) is 32.0 Å². The summed E-state index contributed by atoms with van der Waals surface area (Å²) >= 11 is 0. The van der Waals surface area contributed by atoms with Crippen LogP contribution in [-0.2, 0) is 0 Å². The second-order valence-electron chi connectivity index (χ2n) is 6.19. The number of nitrogens with zero attached hydrogens (tertiary/aromatic N) is 1. The van der Waals surface area contributed by atoms with Gasteiger partial charge in [0.2, 0.25) is 0 Å². The third kappa shape index (κ3) is 3.97. The highest BCUT2D eigenvalue weighted by Gasteiger charge is 2.26. The molecule has 1 heterocycles. The summed E-state index contributed by atoms with van der Waals surface area (Å²) in [6.45, 7) is 9.20. The zero-order valence-corrected chi connectivity index (χ0v) is 13.6. The number of hydrogen-bond donors (Lipinski definition) is 2. The molecule has 0 radical (unpaired) electrons. The fourth-order valence-corrected chi connectivity index (χ4v) is 3.01. The maximum absolute atomic E-state index is 12.6. The van der Waals surface area contributed by atoms with E-state index in [2.05, 4.69) is 29.5 Å². The van der Waals surface area contributed by atoms with Crippen molar-refractivity contribution < 1.29 is 4.79 Å². The molecule has 0 spiro atoms. The van der Waals surface area contributed by atoms with Crippen LogP contribution in [0.1, 0.15) is 36.2 Å². The summed E-state index contributed by atoms with van der Waals surface area (Å²) in [6, 6.07) is 6.22. The first-order valence-electron chi connectivity index (χ1n) is 7.85. The molecule has 0 saturated carbocycles. The minimum atomic E-state index is 0.0346. The SMILES string of the molecule is CCNc1cc(C)ccc1C(=O)NC1CCN(C)CC1C. The topological polar surface area (TPSA) is 44.4 Å². The van der Waals surface area contributed by atoms with E-state index in [1.54, 1.807) is 0 Å². The van der Waals surface area contributed by atoms with Crippen LogP contribution in [0.5, 0.6) is 0 Å². The van der Waals surface area contributed by atoms with Crippen molar-refractivity contribution in [1.82, 2.24) is 10.2 Å². The molecule has 2 N–H and O–H groups in total.